The molecule has 2 rings (SSSR count). The number of nitrogens with one attached hydrogen (secondary N) is 1. The first kappa shape index (κ1) is 15.3. The minimum Gasteiger partial charge on any atom is -0.437 e. The molecule has 0 bridgehead atoms. The lowest BCUT2D eigenvalue weighted by atomic mass is 10.1. The molecule has 0 atom stereocenters. The molecule has 1 heterocycles. The number of aryl methyl sites for hydroxylation is 2. The van der Waals surface area contributed by atoms with Crippen LogP contribution in [-0.4, -0.2) is 16.5 Å². The molecule has 1 aromatic carbocycles. The quantitative estimate of drug-likeness (QED) is 0.907. The van der Waals surface area contributed by atoms with Crippen LogP contribution < -0.4 is 10.1 Å². The average Bonchev–Trinajstić information content (AvgIpc) is 2.46. The number of anilines is 1. The SMILES string of the molecule is CCNc1ncnc(Oc2c(C)cc(C#N)cc2C)c1Br. The van der Waals surface area contributed by atoms with Crippen molar-refractivity contribution in [1.82, 2.24) is 9.97 Å². The summed E-state index contributed by atoms with van der Waals surface area (Å²) < 4.78 is 6.59. The van der Waals surface area contributed by atoms with E-state index in [2.05, 4.69) is 37.3 Å². The van der Waals surface area contributed by atoms with Crippen LogP contribution in [0.1, 0.15) is 23.6 Å². The van der Waals surface area contributed by atoms with Crippen LogP contribution in [-0.2, 0) is 0 Å². The Balaban J connectivity index is 2.39. The van der Waals surface area contributed by atoms with Gasteiger partial charge < -0.3 is 10.1 Å². The van der Waals surface area contributed by atoms with Gasteiger partial charge >= 0.3 is 0 Å². The maximum Gasteiger partial charge on any atom is 0.238 e. The minimum absolute atomic E-state index is 0.442. The van der Waals surface area contributed by atoms with Gasteiger partial charge in [0.25, 0.3) is 0 Å². The van der Waals surface area contributed by atoms with Crippen LogP contribution in [0.15, 0.2) is 22.9 Å². The second kappa shape index (κ2) is 6.55. The Labute approximate surface area is 132 Å². The molecule has 0 saturated carbocycles. The predicted molar refractivity (Wildman–Crippen MR) is 84.6 cm³/mol. The van der Waals surface area contributed by atoms with Crippen molar-refractivity contribution in [2.75, 3.05) is 11.9 Å². The van der Waals surface area contributed by atoms with E-state index in [0.717, 1.165) is 17.7 Å². The zero-order chi connectivity index (χ0) is 15.4. The van der Waals surface area contributed by atoms with E-state index in [1.54, 1.807) is 12.1 Å². The molecular weight excluding hydrogens is 332 g/mol. The Bertz CT molecular complexity index is 686. The van der Waals surface area contributed by atoms with Crippen molar-refractivity contribution in [3.8, 4) is 17.7 Å². The highest BCUT2D eigenvalue weighted by Crippen LogP contribution is 2.35. The molecule has 2 aromatic rings. The molecular formula is C15H15BrN4O. The molecule has 1 N–H and O–H groups in total. The Kier molecular flexibility index (Phi) is 4.76. The Morgan fingerprint density at radius 1 is 1.29 bits per heavy atom. The number of ether oxygens (including phenoxy) is 1. The summed E-state index contributed by atoms with van der Waals surface area (Å²) in [5.74, 6) is 1.83. The lowest BCUT2D eigenvalue weighted by Gasteiger charge is -2.13. The summed E-state index contributed by atoms with van der Waals surface area (Å²) >= 11 is 3.45. The van der Waals surface area contributed by atoms with Gasteiger partial charge in [0.05, 0.1) is 11.6 Å². The molecule has 21 heavy (non-hydrogen) atoms. The number of nitrogens with zero attached hydrogens (tertiary/aromatic N) is 3. The molecule has 1 aromatic heterocycles. The van der Waals surface area contributed by atoms with Gasteiger partial charge in [0, 0.05) is 6.54 Å². The van der Waals surface area contributed by atoms with E-state index >= 15 is 0 Å². The molecule has 0 aliphatic carbocycles. The molecule has 5 nitrogen and oxygen atoms in total. The number of hydrogen-bond donors (Lipinski definition) is 1. The molecule has 0 saturated heterocycles. The first-order valence-electron chi connectivity index (χ1n) is 6.50. The van der Waals surface area contributed by atoms with Gasteiger partial charge in [0.2, 0.25) is 5.88 Å². The van der Waals surface area contributed by atoms with E-state index in [4.69, 9.17) is 10.00 Å². The van der Waals surface area contributed by atoms with Gasteiger partial charge in [-0.05, 0) is 60.0 Å². The van der Waals surface area contributed by atoms with Crippen molar-refractivity contribution in [2.45, 2.75) is 20.8 Å². The Morgan fingerprint density at radius 3 is 2.52 bits per heavy atom. The molecule has 0 radical (unpaired) electrons. The highest BCUT2D eigenvalue weighted by molar-refractivity contribution is 9.10. The van der Waals surface area contributed by atoms with Crippen molar-refractivity contribution < 1.29 is 4.74 Å². The van der Waals surface area contributed by atoms with E-state index in [9.17, 15) is 0 Å². The highest BCUT2D eigenvalue weighted by Gasteiger charge is 2.13. The summed E-state index contributed by atoms with van der Waals surface area (Å²) in [7, 11) is 0. The summed E-state index contributed by atoms with van der Waals surface area (Å²) in [5, 5.41) is 12.1. The van der Waals surface area contributed by atoms with Gasteiger partial charge in [-0.3, -0.25) is 0 Å². The monoisotopic (exact) mass is 346 g/mol. The van der Waals surface area contributed by atoms with Gasteiger partial charge in [-0.15, -0.1) is 0 Å². The lowest BCUT2D eigenvalue weighted by Crippen LogP contribution is -2.03. The maximum absolute atomic E-state index is 8.98. The van der Waals surface area contributed by atoms with Gasteiger partial charge in [-0.1, -0.05) is 0 Å². The van der Waals surface area contributed by atoms with Crippen LogP contribution in [0.2, 0.25) is 0 Å². The molecule has 0 spiro atoms. The van der Waals surface area contributed by atoms with Crippen LogP contribution in [0, 0.1) is 25.2 Å². The van der Waals surface area contributed by atoms with Crippen LogP contribution in [0.5, 0.6) is 11.6 Å². The van der Waals surface area contributed by atoms with E-state index < -0.39 is 0 Å². The minimum atomic E-state index is 0.442. The molecule has 108 valence electrons. The fraction of sp³-hybridized carbons (Fsp3) is 0.267. The summed E-state index contributed by atoms with van der Waals surface area (Å²) in [6, 6.07) is 5.73. The van der Waals surface area contributed by atoms with Crippen LogP contribution in [0.4, 0.5) is 5.82 Å². The standard InChI is InChI=1S/C15H15BrN4O/c1-4-18-14-12(16)15(20-8-19-14)21-13-9(2)5-11(7-17)6-10(13)3/h5-6,8H,4H2,1-3H3,(H,18,19,20). The normalized spacial score (nSPS) is 10.0. The van der Waals surface area contributed by atoms with Crippen molar-refractivity contribution in [3.05, 3.63) is 39.6 Å². The smallest absolute Gasteiger partial charge is 0.238 e. The predicted octanol–water partition coefficient (Wildman–Crippen LogP) is 3.95. The molecule has 6 heteroatoms. The number of benzene rings is 1. The first-order valence-corrected chi connectivity index (χ1v) is 7.29. The topological polar surface area (TPSA) is 70.8 Å². The Hall–Kier alpha value is -2.13. The molecule has 0 aliphatic heterocycles. The third-order valence-corrected chi connectivity index (χ3v) is 3.60. The zero-order valence-electron chi connectivity index (χ0n) is 12.1. The van der Waals surface area contributed by atoms with Crippen LogP contribution >= 0.6 is 15.9 Å². The number of hydrogen-bond acceptors (Lipinski definition) is 5. The first-order chi connectivity index (χ1) is 10.1. The fourth-order valence-corrected chi connectivity index (χ4v) is 2.41. The second-order valence-corrected chi connectivity index (χ2v) is 5.32. The summed E-state index contributed by atoms with van der Waals surface area (Å²) in [6.07, 6.45) is 1.45. The van der Waals surface area contributed by atoms with Crippen molar-refractivity contribution in [1.29, 1.82) is 5.26 Å². The molecule has 0 fully saturated rings. The van der Waals surface area contributed by atoms with Crippen molar-refractivity contribution in [3.63, 3.8) is 0 Å². The maximum atomic E-state index is 8.98. The highest BCUT2D eigenvalue weighted by atomic mass is 79.9. The van der Waals surface area contributed by atoms with Gasteiger partial charge in [0.1, 0.15) is 22.4 Å². The average molecular weight is 347 g/mol. The van der Waals surface area contributed by atoms with Gasteiger partial charge in [-0.2, -0.15) is 5.26 Å². The molecule has 0 amide bonds. The fourth-order valence-electron chi connectivity index (χ4n) is 1.99. The van der Waals surface area contributed by atoms with E-state index in [1.807, 2.05) is 20.8 Å². The third kappa shape index (κ3) is 3.31. The van der Waals surface area contributed by atoms with Gasteiger partial charge in [0.15, 0.2) is 0 Å². The second-order valence-electron chi connectivity index (χ2n) is 4.52. The largest absolute Gasteiger partial charge is 0.437 e. The van der Waals surface area contributed by atoms with E-state index in [-0.39, 0.29) is 0 Å². The van der Waals surface area contributed by atoms with Crippen LogP contribution in [0.3, 0.4) is 0 Å². The van der Waals surface area contributed by atoms with Crippen molar-refractivity contribution in [2.24, 2.45) is 0 Å². The molecule has 0 unspecified atom stereocenters. The van der Waals surface area contributed by atoms with E-state index in [0.29, 0.717) is 27.5 Å². The summed E-state index contributed by atoms with van der Waals surface area (Å²) in [6.45, 7) is 6.56. The number of aromatic nitrogens is 2. The number of rotatable bonds is 4. The number of halogens is 1. The third-order valence-electron chi connectivity index (χ3n) is 2.89. The Morgan fingerprint density at radius 2 is 1.95 bits per heavy atom. The summed E-state index contributed by atoms with van der Waals surface area (Å²) in [4.78, 5) is 8.31. The van der Waals surface area contributed by atoms with Gasteiger partial charge in [-0.25, -0.2) is 9.97 Å². The zero-order valence-corrected chi connectivity index (χ0v) is 13.7. The molecule has 0 aliphatic rings. The van der Waals surface area contributed by atoms with E-state index in [1.165, 1.54) is 6.33 Å². The summed E-state index contributed by atoms with van der Waals surface area (Å²) in [5.41, 5.74) is 2.40. The number of nitriles is 1. The lowest BCUT2D eigenvalue weighted by molar-refractivity contribution is 0.451. The van der Waals surface area contributed by atoms with Crippen molar-refractivity contribution >= 4 is 21.7 Å². The van der Waals surface area contributed by atoms with Crippen LogP contribution in [0.25, 0.3) is 0 Å².